The molecule has 1 aliphatic heterocycles. The smallest absolute Gasteiger partial charge is 0.290 e. The Kier molecular flexibility index (Phi) is 4.31. The largest absolute Gasteiger partial charge is 0.368 e. The van der Waals surface area contributed by atoms with E-state index in [1.54, 1.807) is 13.0 Å². The van der Waals surface area contributed by atoms with Gasteiger partial charge in [0.25, 0.3) is 5.69 Å². The van der Waals surface area contributed by atoms with Crippen molar-refractivity contribution in [2.45, 2.75) is 32.7 Å². The van der Waals surface area contributed by atoms with Crippen molar-refractivity contribution in [2.24, 2.45) is 0 Å². The van der Waals surface area contributed by atoms with Crippen LogP contribution in [-0.4, -0.2) is 40.5 Å². The first-order valence-electron chi connectivity index (χ1n) is 6.70. The first-order valence-corrected chi connectivity index (χ1v) is 6.70. The fraction of sp³-hybridized carbons (Fsp3) is 0.615. The highest BCUT2D eigenvalue weighted by Gasteiger charge is 2.22. The number of likely N-dealkylation sites (tertiary alicyclic amines) is 1. The van der Waals surface area contributed by atoms with Crippen molar-refractivity contribution < 1.29 is 4.92 Å². The number of likely N-dealkylation sites (N-methyl/N-ethyl adjacent to an activating group) is 1. The Morgan fingerprint density at radius 2 is 2.42 bits per heavy atom. The van der Waals surface area contributed by atoms with E-state index < -0.39 is 4.92 Å². The molecule has 1 unspecified atom stereocenters. The number of nitro groups is 1. The lowest BCUT2D eigenvalue weighted by atomic mass is 10.2. The van der Waals surface area contributed by atoms with E-state index in [1.807, 2.05) is 0 Å². The number of anilines is 1. The molecule has 0 amide bonds. The van der Waals surface area contributed by atoms with Crippen molar-refractivity contribution in [3.8, 4) is 0 Å². The van der Waals surface area contributed by atoms with Gasteiger partial charge in [-0.1, -0.05) is 6.92 Å². The lowest BCUT2D eigenvalue weighted by molar-refractivity contribution is -0.385. The summed E-state index contributed by atoms with van der Waals surface area (Å²) < 4.78 is 0. The molecule has 0 aromatic carbocycles. The quantitative estimate of drug-likeness (QED) is 0.652. The average Bonchev–Trinajstić information content (AvgIpc) is 2.83. The van der Waals surface area contributed by atoms with Crippen LogP contribution in [0.5, 0.6) is 0 Å². The van der Waals surface area contributed by atoms with Crippen LogP contribution < -0.4 is 5.32 Å². The third-order valence-electron chi connectivity index (χ3n) is 3.70. The van der Waals surface area contributed by atoms with Crippen LogP contribution >= 0.6 is 0 Å². The van der Waals surface area contributed by atoms with Gasteiger partial charge in [-0.3, -0.25) is 15.0 Å². The highest BCUT2D eigenvalue weighted by molar-refractivity contribution is 5.46. The Morgan fingerprint density at radius 3 is 3.05 bits per heavy atom. The molecule has 6 nitrogen and oxygen atoms in total. The third-order valence-corrected chi connectivity index (χ3v) is 3.70. The molecule has 1 aromatic heterocycles. The van der Waals surface area contributed by atoms with Crippen LogP contribution in [-0.2, 0) is 0 Å². The standard InChI is InChI=1S/C13H20N4O2/c1-3-16-6-4-5-11(16)8-14-13-7-10(2)12(9-15-13)17(18)19/h7,9,11H,3-6,8H2,1-2H3,(H,14,15). The molecule has 0 spiro atoms. The Morgan fingerprint density at radius 1 is 1.63 bits per heavy atom. The molecule has 1 atom stereocenters. The van der Waals surface area contributed by atoms with Crippen molar-refractivity contribution >= 4 is 11.5 Å². The number of hydrogen-bond donors (Lipinski definition) is 1. The molecule has 2 rings (SSSR count). The van der Waals surface area contributed by atoms with Crippen LogP contribution in [0.25, 0.3) is 0 Å². The minimum Gasteiger partial charge on any atom is -0.368 e. The van der Waals surface area contributed by atoms with E-state index in [1.165, 1.54) is 19.0 Å². The van der Waals surface area contributed by atoms with Gasteiger partial charge in [0.2, 0.25) is 0 Å². The van der Waals surface area contributed by atoms with Crippen LogP contribution in [0.3, 0.4) is 0 Å². The first kappa shape index (κ1) is 13.7. The third kappa shape index (κ3) is 3.20. The topological polar surface area (TPSA) is 71.3 Å². The Balaban J connectivity index is 1.96. The zero-order chi connectivity index (χ0) is 13.8. The fourth-order valence-electron chi connectivity index (χ4n) is 2.60. The lowest BCUT2D eigenvalue weighted by Crippen LogP contribution is -2.34. The molecule has 0 aliphatic carbocycles. The van der Waals surface area contributed by atoms with Crippen molar-refractivity contribution in [1.82, 2.24) is 9.88 Å². The summed E-state index contributed by atoms with van der Waals surface area (Å²) in [7, 11) is 0. The number of pyridine rings is 1. The molecule has 6 heteroatoms. The molecule has 104 valence electrons. The summed E-state index contributed by atoms with van der Waals surface area (Å²) in [5.41, 5.74) is 0.711. The highest BCUT2D eigenvalue weighted by Crippen LogP contribution is 2.20. The number of nitrogens with zero attached hydrogens (tertiary/aromatic N) is 3. The van der Waals surface area contributed by atoms with Gasteiger partial charge in [-0.05, 0) is 38.9 Å². The van der Waals surface area contributed by atoms with Crippen molar-refractivity contribution in [3.05, 3.63) is 27.9 Å². The van der Waals surface area contributed by atoms with Crippen LogP contribution in [0.1, 0.15) is 25.3 Å². The maximum absolute atomic E-state index is 10.7. The molecule has 2 heterocycles. The number of aryl methyl sites for hydroxylation is 1. The zero-order valence-electron chi connectivity index (χ0n) is 11.4. The molecule has 1 aliphatic rings. The highest BCUT2D eigenvalue weighted by atomic mass is 16.6. The van der Waals surface area contributed by atoms with E-state index in [2.05, 4.69) is 22.1 Å². The summed E-state index contributed by atoms with van der Waals surface area (Å²) in [6, 6.07) is 2.28. The molecule has 0 radical (unpaired) electrons. The summed E-state index contributed by atoms with van der Waals surface area (Å²) in [4.78, 5) is 16.9. The predicted octanol–water partition coefficient (Wildman–Crippen LogP) is 2.19. The van der Waals surface area contributed by atoms with Crippen molar-refractivity contribution in [3.63, 3.8) is 0 Å². The van der Waals surface area contributed by atoms with E-state index in [-0.39, 0.29) is 5.69 Å². The first-order chi connectivity index (χ1) is 9.11. The van der Waals surface area contributed by atoms with E-state index >= 15 is 0 Å². The van der Waals surface area contributed by atoms with E-state index in [0.717, 1.165) is 19.6 Å². The Labute approximate surface area is 113 Å². The van der Waals surface area contributed by atoms with Crippen LogP contribution in [0.15, 0.2) is 12.3 Å². The van der Waals surface area contributed by atoms with E-state index in [0.29, 0.717) is 17.4 Å². The van der Waals surface area contributed by atoms with Gasteiger partial charge in [-0.15, -0.1) is 0 Å². The second kappa shape index (κ2) is 5.97. The number of rotatable bonds is 5. The summed E-state index contributed by atoms with van der Waals surface area (Å²) >= 11 is 0. The number of hydrogen-bond acceptors (Lipinski definition) is 5. The van der Waals surface area contributed by atoms with Crippen LogP contribution in [0, 0.1) is 17.0 Å². The Bertz CT molecular complexity index is 464. The SMILES string of the molecule is CCN1CCCC1CNc1cc(C)c([N+](=O)[O-])cn1. The van der Waals surface area contributed by atoms with Gasteiger partial charge < -0.3 is 5.32 Å². The van der Waals surface area contributed by atoms with Gasteiger partial charge in [0.1, 0.15) is 12.0 Å². The average molecular weight is 264 g/mol. The van der Waals surface area contributed by atoms with E-state index in [9.17, 15) is 10.1 Å². The normalized spacial score (nSPS) is 19.6. The van der Waals surface area contributed by atoms with Gasteiger partial charge in [0.05, 0.1) is 4.92 Å². The fourth-order valence-corrected chi connectivity index (χ4v) is 2.60. The molecule has 19 heavy (non-hydrogen) atoms. The van der Waals surface area contributed by atoms with Gasteiger partial charge in [-0.25, -0.2) is 4.98 Å². The molecule has 1 N–H and O–H groups in total. The zero-order valence-corrected chi connectivity index (χ0v) is 11.4. The molecule has 1 fully saturated rings. The van der Waals surface area contributed by atoms with Crippen LogP contribution in [0.2, 0.25) is 0 Å². The maximum atomic E-state index is 10.7. The minimum absolute atomic E-state index is 0.0709. The monoisotopic (exact) mass is 264 g/mol. The molecular weight excluding hydrogens is 244 g/mol. The molecule has 1 aromatic rings. The summed E-state index contributed by atoms with van der Waals surface area (Å²) in [5.74, 6) is 0.714. The van der Waals surface area contributed by atoms with Gasteiger partial charge in [0.15, 0.2) is 0 Å². The molecule has 0 bridgehead atoms. The van der Waals surface area contributed by atoms with Crippen LogP contribution in [0.4, 0.5) is 11.5 Å². The maximum Gasteiger partial charge on any atom is 0.290 e. The minimum atomic E-state index is -0.401. The number of aromatic nitrogens is 1. The summed E-state index contributed by atoms with van der Waals surface area (Å²) in [6.45, 7) is 6.98. The molecular formula is C13H20N4O2. The molecule has 1 saturated heterocycles. The van der Waals surface area contributed by atoms with E-state index in [4.69, 9.17) is 0 Å². The summed E-state index contributed by atoms with van der Waals surface area (Å²) in [5, 5.41) is 14.0. The number of nitrogens with one attached hydrogen (secondary N) is 1. The predicted molar refractivity (Wildman–Crippen MR) is 74.4 cm³/mol. The van der Waals surface area contributed by atoms with Crippen molar-refractivity contribution in [2.75, 3.05) is 25.0 Å². The second-order valence-corrected chi connectivity index (χ2v) is 4.92. The lowest BCUT2D eigenvalue weighted by Gasteiger charge is -2.23. The Hall–Kier alpha value is -1.69. The second-order valence-electron chi connectivity index (χ2n) is 4.92. The van der Waals surface area contributed by atoms with Gasteiger partial charge in [-0.2, -0.15) is 0 Å². The van der Waals surface area contributed by atoms with Gasteiger partial charge >= 0.3 is 0 Å². The molecule has 0 saturated carbocycles. The van der Waals surface area contributed by atoms with Crippen molar-refractivity contribution in [1.29, 1.82) is 0 Å². The van der Waals surface area contributed by atoms with Gasteiger partial charge in [0, 0.05) is 18.2 Å². The summed E-state index contributed by atoms with van der Waals surface area (Å²) in [6.07, 6.45) is 3.77.